The molecule has 2 amide bonds. The van der Waals surface area contributed by atoms with E-state index in [4.69, 9.17) is 4.74 Å². The molecular formula is C27H27N3O3. The molecule has 0 saturated heterocycles. The molecule has 4 aromatic rings. The molecule has 6 heteroatoms. The number of ether oxygens (including phenoxy) is 1. The molecule has 0 aliphatic rings. The predicted molar refractivity (Wildman–Crippen MR) is 131 cm³/mol. The molecule has 33 heavy (non-hydrogen) atoms. The Hall–Kier alpha value is -4.06. The van der Waals surface area contributed by atoms with Gasteiger partial charge in [0.05, 0.1) is 0 Å². The van der Waals surface area contributed by atoms with Crippen molar-refractivity contribution in [2.45, 2.75) is 32.2 Å². The molecule has 168 valence electrons. The molecule has 3 aromatic carbocycles. The van der Waals surface area contributed by atoms with Crippen molar-refractivity contribution in [3.63, 3.8) is 0 Å². The van der Waals surface area contributed by atoms with Gasteiger partial charge in [0.15, 0.2) is 0 Å². The van der Waals surface area contributed by atoms with Gasteiger partial charge in [0.25, 0.3) is 0 Å². The minimum Gasteiger partial charge on any atom is -0.410 e. The van der Waals surface area contributed by atoms with E-state index >= 15 is 0 Å². The maximum absolute atomic E-state index is 13.3. The van der Waals surface area contributed by atoms with Gasteiger partial charge in [0.1, 0.15) is 11.8 Å². The molecule has 0 fully saturated rings. The first kappa shape index (κ1) is 22.1. The molecule has 4 rings (SSSR count). The van der Waals surface area contributed by atoms with Gasteiger partial charge in [-0.1, -0.05) is 68.4 Å². The molecule has 0 unspecified atom stereocenters. The summed E-state index contributed by atoms with van der Waals surface area (Å²) in [5.74, 6) is 0.342. The number of anilines is 1. The summed E-state index contributed by atoms with van der Waals surface area (Å²) in [6.45, 7) is 4.15. The maximum atomic E-state index is 13.3. The summed E-state index contributed by atoms with van der Waals surface area (Å²) in [4.78, 5) is 29.2. The molecule has 0 aliphatic carbocycles. The average molecular weight is 442 g/mol. The first-order chi connectivity index (χ1) is 16.0. The van der Waals surface area contributed by atoms with Gasteiger partial charge in [0, 0.05) is 29.2 Å². The number of para-hydroxylation sites is 3. The lowest BCUT2D eigenvalue weighted by Crippen LogP contribution is -2.46. The van der Waals surface area contributed by atoms with E-state index in [1.807, 2.05) is 60.8 Å². The van der Waals surface area contributed by atoms with Crippen LogP contribution in [0.15, 0.2) is 85.1 Å². The van der Waals surface area contributed by atoms with Gasteiger partial charge in [-0.05, 0) is 41.3 Å². The Kier molecular flexibility index (Phi) is 6.74. The van der Waals surface area contributed by atoms with Crippen molar-refractivity contribution < 1.29 is 14.3 Å². The lowest BCUT2D eigenvalue weighted by Gasteiger charge is -2.20. The van der Waals surface area contributed by atoms with E-state index < -0.39 is 12.1 Å². The number of carbonyl (C=O) groups excluding carboxylic acids is 2. The fraction of sp³-hybridized carbons (Fsp3) is 0.185. The van der Waals surface area contributed by atoms with Crippen LogP contribution >= 0.6 is 0 Å². The van der Waals surface area contributed by atoms with E-state index in [2.05, 4.69) is 29.5 Å². The van der Waals surface area contributed by atoms with Crippen LogP contribution in [0.3, 0.4) is 0 Å². The Bertz CT molecular complexity index is 1250. The zero-order valence-electron chi connectivity index (χ0n) is 18.7. The average Bonchev–Trinajstić information content (AvgIpc) is 3.22. The van der Waals surface area contributed by atoms with Crippen LogP contribution in [0.5, 0.6) is 5.75 Å². The van der Waals surface area contributed by atoms with E-state index in [-0.39, 0.29) is 11.8 Å². The Morgan fingerprint density at radius 1 is 0.909 bits per heavy atom. The van der Waals surface area contributed by atoms with Gasteiger partial charge in [-0.3, -0.25) is 4.79 Å². The molecule has 1 heterocycles. The highest BCUT2D eigenvalue weighted by Gasteiger charge is 2.24. The summed E-state index contributed by atoms with van der Waals surface area (Å²) < 4.78 is 5.38. The third-order valence-electron chi connectivity index (χ3n) is 5.50. The summed E-state index contributed by atoms with van der Waals surface area (Å²) in [5, 5.41) is 6.76. The lowest BCUT2D eigenvalue weighted by atomic mass is 10.0. The van der Waals surface area contributed by atoms with Crippen molar-refractivity contribution in [1.29, 1.82) is 0 Å². The number of carbonyl (C=O) groups is 2. The Balaban J connectivity index is 1.57. The van der Waals surface area contributed by atoms with Crippen molar-refractivity contribution in [1.82, 2.24) is 10.3 Å². The maximum Gasteiger partial charge on any atom is 0.413 e. The summed E-state index contributed by atoms with van der Waals surface area (Å²) in [7, 11) is 0. The molecular weight excluding hydrogens is 414 g/mol. The number of hydrogen-bond acceptors (Lipinski definition) is 3. The number of nitrogens with one attached hydrogen (secondary N) is 3. The van der Waals surface area contributed by atoms with Crippen LogP contribution in [0.4, 0.5) is 10.5 Å². The molecule has 0 bridgehead atoms. The number of hydrogen-bond donors (Lipinski definition) is 3. The first-order valence-electron chi connectivity index (χ1n) is 11.0. The summed E-state index contributed by atoms with van der Waals surface area (Å²) in [6, 6.07) is 23.5. The fourth-order valence-electron chi connectivity index (χ4n) is 3.83. The lowest BCUT2D eigenvalue weighted by molar-refractivity contribution is -0.118. The predicted octanol–water partition coefficient (Wildman–Crippen LogP) is 5.63. The first-order valence-corrected chi connectivity index (χ1v) is 11.0. The quantitative estimate of drug-likeness (QED) is 0.348. The van der Waals surface area contributed by atoms with E-state index in [0.717, 1.165) is 27.7 Å². The van der Waals surface area contributed by atoms with Gasteiger partial charge < -0.3 is 20.4 Å². The second-order valence-corrected chi connectivity index (χ2v) is 8.19. The molecule has 0 radical (unpaired) electrons. The van der Waals surface area contributed by atoms with Crippen molar-refractivity contribution in [3.8, 4) is 5.75 Å². The molecule has 1 aromatic heterocycles. The Morgan fingerprint density at radius 2 is 1.61 bits per heavy atom. The number of rotatable bonds is 7. The van der Waals surface area contributed by atoms with Crippen molar-refractivity contribution in [2.24, 2.45) is 0 Å². The van der Waals surface area contributed by atoms with Crippen LogP contribution in [0, 0.1) is 0 Å². The van der Waals surface area contributed by atoms with Gasteiger partial charge in [-0.2, -0.15) is 0 Å². The van der Waals surface area contributed by atoms with Crippen LogP contribution in [0.2, 0.25) is 0 Å². The van der Waals surface area contributed by atoms with Gasteiger partial charge >= 0.3 is 6.09 Å². The van der Waals surface area contributed by atoms with Crippen molar-refractivity contribution in [2.75, 3.05) is 5.32 Å². The van der Waals surface area contributed by atoms with E-state index in [9.17, 15) is 9.59 Å². The van der Waals surface area contributed by atoms with Gasteiger partial charge in [-0.25, -0.2) is 4.79 Å². The molecule has 0 spiro atoms. The Morgan fingerprint density at radius 3 is 2.39 bits per heavy atom. The highest BCUT2D eigenvalue weighted by atomic mass is 16.6. The minimum atomic E-state index is -0.833. The highest BCUT2D eigenvalue weighted by Crippen LogP contribution is 2.25. The van der Waals surface area contributed by atoms with Crippen LogP contribution in [0.25, 0.3) is 10.9 Å². The number of H-pyrrole nitrogens is 1. The SMILES string of the molecule is CC(C)c1ccccc1NC(=O)[C@H](Cc1c[nH]c2ccccc12)NC(=O)Oc1ccccc1. The van der Waals surface area contributed by atoms with Gasteiger partial charge in [-0.15, -0.1) is 0 Å². The monoisotopic (exact) mass is 441 g/mol. The smallest absolute Gasteiger partial charge is 0.410 e. The van der Waals surface area contributed by atoms with Crippen LogP contribution < -0.4 is 15.4 Å². The molecule has 3 N–H and O–H groups in total. The van der Waals surface area contributed by atoms with E-state index in [0.29, 0.717) is 12.2 Å². The van der Waals surface area contributed by atoms with Crippen LogP contribution in [0.1, 0.15) is 30.9 Å². The van der Waals surface area contributed by atoms with Crippen molar-refractivity contribution in [3.05, 3.63) is 96.2 Å². The zero-order chi connectivity index (χ0) is 23.2. The topological polar surface area (TPSA) is 83.2 Å². The molecule has 0 aliphatic heterocycles. The van der Waals surface area contributed by atoms with Crippen LogP contribution in [-0.2, 0) is 11.2 Å². The third kappa shape index (κ3) is 5.41. The number of amides is 2. The number of fused-ring (bicyclic) bond motifs is 1. The van der Waals surface area contributed by atoms with Crippen molar-refractivity contribution >= 4 is 28.6 Å². The van der Waals surface area contributed by atoms with E-state index in [1.165, 1.54) is 0 Å². The molecule has 1 atom stereocenters. The standard InChI is InChI=1S/C27H27N3O3/c1-18(2)21-12-6-9-15-24(21)29-26(31)25(30-27(32)33-20-10-4-3-5-11-20)16-19-17-28-23-14-8-7-13-22(19)23/h3-15,17-18,25,28H,16H2,1-2H3,(H,29,31)(H,30,32)/t25-/m0/s1. The second kappa shape index (κ2) is 10.0. The van der Waals surface area contributed by atoms with E-state index in [1.54, 1.807) is 24.3 Å². The highest BCUT2D eigenvalue weighted by molar-refractivity contribution is 5.98. The largest absolute Gasteiger partial charge is 0.413 e. The fourth-order valence-corrected chi connectivity index (χ4v) is 3.83. The minimum absolute atomic E-state index is 0.240. The summed E-state index contributed by atoms with van der Waals surface area (Å²) in [5.41, 5.74) is 3.68. The summed E-state index contributed by atoms with van der Waals surface area (Å²) >= 11 is 0. The normalized spacial score (nSPS) is 11.8. The number of aromatic amines is 1. The number of benzene rings is 3. The number of aromatic nitrogens is 1. The third-order valence-corrected chi connectivity index (χ3v) is 5.50. The second-order valence-electron chi connectivity index (χ2n) is 8.19. The van der Waals surface area contributed by atoms with Gasteiger partial charge in [0.2, 0.25) is 5.91 Å². The van der Waals surface area contributed by atoms with Crippen LogP contribution in [-0.4, -0.2) is 23.0 Å². The molecule has 6 nitrogen and oxygen atoms in total. The zero-order valence-corrected chi connectivity index (χ0v) is 18.7. The summed E-state index contributed by atoms with van der Waals surface area (Å²) in [6.07, 6.45) is 1.50. The molecule has 0 saturated carbocycles. The Labute approximate surface area is 193 Å².